The molecule has 1 aromatic carbocycles. The van der Waals surface area contributed by atoms with Crippen LogP contribution in [0, 0.1) is 5.82 Å². The molecule has 1 aliphatic rings. The zero-order valence-corrected chi connectivity index (χ0v) is 15.1. The van der Waals surface area contributed by atoms with Gasteiger partial charge < -0.3 is 16.0 Å². The number of carbonyl (C=O) groups is 2. The fraction of sp³-hybridized carbons (Fsp3) is 0.421. The molecule has 144 valence electrons. The molecular formula is C19H24FN5O2. The van der Waals surface area contributed by atoms with Gasteiger partial charge in [0.25, 0.3) is 5.91 Å². The van der Waals surface area contributed by atoms with Gasteiger partial charge in [-0.3, -0.25) is 14.7 Å². The summed E-state index contributed by atoms with van der Waals surface area (Å²) in [7, 11) is 0. The van der Waals surface area contributed by atoms with Crippen LogP contribution in [0.15, 0.2) is 30.3 Å². The molecule has 8 heteroatoms. The number of nitrogens with one attached hydrogen (secondary N) is 2. The number of amides is 2. The number of halogens is 1. The molecule has 1 fully saturated rings. The summed E-state index contributed by atoms with van der Waals surface area (Å²) in [6.45, 7) is 1.37. The van der Waals surface area contributed by atoms with Gasteiger partial charge in [-0.25, -0.2) is 4.39 Å². The van der Waals surface area contributed by atoms with Gasteiger partial charge in [0.15, 0.2) is 0 Å². The molecular weight excluding hydrogens is 349 g/mol. The summed E-state index contributed by atoms with van der Waals surface area (Å²) in [5.74, 6) is -0.567. The quantitative estimate of drug-likeness (QED) is 0.716. The van der Waals surface area contributed by atoms with Crippen LogP contribution in [0.5, 0.6) is 0 Å². The van der Waals surface area contributed by atoms with Crippen molar-refractivity contribution in [3.63, 3.8) is 0 Å². The molecule has 1 aliphatic heterocycles. The van der Waals surface area contributed by atoms with Gasteiger partial charge in [-0.1, -0.05) is 0 Å². The number of nitrogens with zero attached hydrogens (tertiary/aromatic N) is 2. The van der Waals surface area contributed by atoms with E-state index in [1.165, 1.54) is 12.1 Å². The number of H-pyrrole nitrogens is 1. The average Bonchev–Trinajstić information content (AvgIpc) is 3.17. The fourth-order valence-corrected chi connectivity index (χ4v) is 3.29. The molecule has 0 radical (unpaired) electrons. The Morgan fingerprint density at radius 2 is 2.07 bits per heavy atom. The number of hydrogen-bond donors (Lipinski definition) is 3. The lowest BCUT2D eigenvalue weighted by Crippen LogP contribution is -2.49. The van der Waals surface area contributed by atoms with Crippen molar-refractivity contribution in [3.8, 4) is 11.3 Å². The Kier molecular flexibility index (Phi) is 6.18. The molecule has 0 saturated carbocycles. The first kappa shape index (κ1) is 19.0. The number of hydrogen-bond acceptors (Lipinski definition) is 4. The van der Waals surface area contributed by atoms with E-state index >= 15 is 0 Å². The summed E-state index contributed by atoms with van der Waals surface area (Å²) in [4.78, 5) is 26.4. The highest BCUT2D eigenvalue weighted by atomic mass is 19.1. The summed E-state index contributed by atoms with van der Waals surface area (Å²) < 4.78 is 13.1. The second-order valence-corrected chi connectivity index (χ2v) is 6.66. The topological polar surface area (TPSA) is 104 Å². The van der Waals surface area contributed by atoms with Gasteiger partial charge in [0.1, 0.15) is 11.5 Å². The van der Waals surface area contributed by atoms with Gasteiger partial charge in [0.05, 0.1) is 5.69 Å². The Bertz CT molecular complexity index is 790. The first-order chi connectivity index (χ1) is 13.1. The number of aromatic amines is 1. The third kappa shape index (κ3) is 4.71. The van der Waals surface area contributed by atoms with Crippen LogP contribution < -0.4 is 11.1 Å². The minimum atomic E-state index is -0.321. The second kappa shape index (κ2) is 8.77. The maximum absolute atomic E-state index is 13.1. The van der Waals surface area contributed by atoms with Crippen LogP contribution in [-0.2, 0) is 4.79 Å². The molecule has 0 bridgehead atoms. The van der Waals surface area contributed by atoms with Crippen molar-refractivity contribution < 1.29 is 14.0 Å². The van der Waals surface area contributed by atoms with Crippen LogP contribution in [0.4, 0.5) is 4.39 Å². The Labute approximate surface area is 157 Å². The predicted octanol–water partition coefficient (Wildman–Crippen LogP) is 1.68. The molecule has 1 unspecified atom stereocenters. The Balaban J connectivity index is 1.69. The zero-order valence-electron chi connectivity index (χ0n) is 15.1. The summed E-state index contributed by atoms with van der Waals surface area (Å²) in [6.07, 6.45) is 3.07. The largest absolute Gasteiger partial charge is 0.354 e. The smallest absolute Gasteiger partial charge is 0.272 e. The predicted molar refractivity (Wildman–Crippen MR) is 99.3 cm³/mol. The standard InChI is InChI=1S/C19H24FN5O2/c20-14-6-4-13(5-7-14)16-11-17(24-23-16)19(27)25-10-2-1-3-15(25)12-22-18(26)8-9-21/h4-7,11,15H,1-3,8-10,12,21H2,(H,22,26)(H,23,24). The molecule has 4 N–H and O–H groups in total. The van der Waals surface area contributed by atoms with Crippen molar-refractivity contribution in [3.05, 3.63) is 41.8 Å². The highest BCUT2D eigenvalue weighted by molar-refractivity contribution is 5.93. The highest BCUT2D eigenvalue weighted by Gasteiger charge is 2.28. The number of piperidine rings is 1. The van der Waals surface area contributed by atoms with E-state index in [1.807, 2.05) is 0 Å². The van der Waals surface area contributed by atoms with E-state index < -0.39 is 0 Å². The van der Waals surface area contributed by atoms with Crippen molar-refractivity contribution in [2.24, 2.45) is 5.73 Å². The maximum Gasteiger partial charge on any atom is 0.272 e. The maximum atomic E-state index is 13.1. The first-order valence-corrected chi connectivity index (χ1v) is 9.17. The second-order valence-electron chi connectivity index (χ2n) is 6.66. The molecule has 1 saturated heterocycles. The summed E-state index contributed by atoms with van der Waals surface area (Å²) in [5.41, 5.74) is 7.09. The van der Waals surface area contributed by atoms with E-state index in [0.29, 0.717) is 31.0 Å². The van der Waals surface area contributed by atoms with Crippen molar-refractivity contribution >= 4 is 11.8 Å². The lowest BCUT2D eigenvalue weighted by Gasteiger charge is -2.35. The summed E-state index contributed by atoms with van der Waals surface area (Å²) in [6, 6.07) is 7.58. The molecule has 0 spiro atoms. The molecule has 7 nitrogen and oxygen atoms in total. The van der Waals surface area contributed by atoms with Crippen LogP contribution in [0.25, 0.3) is 11.3 Å². The Morgan fingerprint density at radius 1 is 1.30 bits per heavy atom. The van der Waals surface area contributed by atoms with E-state index in [2.05, 4.69) is 15.5 Å². The van der Waals surface area contributed by atoms with Gasteiger partial charge in [0, 0.05) is 37.7 Å². The van der Waals surface area contributed by atoms with Gasteiger partial charge in [-0.2, -0.15) is 5.10 Å². The molecule has 27 heavy (non-hydrogen) atoms. The average molecular weight is 373 g/mol. The molecule has 2 heterocycles. The SMILES string of the molecule is NCCC(=O)NCC1CCCCN1C(=O)c1cc(-c2ccc(F)cc2)n[nH]1. The van der Waals surface area contributed by atoms with E-state index in [9.17, 15) is 14.0 Å². The van der Waals surface area contributed by atoms with Crippen molar-refractivity contribution in [2.45, 2.75) is 31.7 Å². The first-order valence-electron chi connectivity index (χ1n) is 9.17. The Morgan fingerprint density at radius 3 is 2.81 bits per heavy atom. The van der Waals surface area contributed by atoms with Crippen molar-refractivity contribution in [1.82, 2.24) is 20.4 Å². The van der Waals surface area contributed by atoms with Crippen LogP contribution >= 0.6 is 0 Å². The number of aromatic nitrogens is 2. The van der Waals surface area contributed by atoms with Crippen LogP contribution in [0.1, 0.15) is 36.2 Å². The van der Waals surface area contributed by atoms with Gasteiger partial charge in [0.2, 0.25) is 5.91 Å². The van der Waals surface area contributed by atoms with Crippen molar-refractivity contribution in [1.29, 1.82) is 0 Å². The molecule has 1 aromatic heterocycles. The summed E-state index contributed by atoms with van der Waals surface area (Å²) >= 11 is 0. The number of likely N-dealkylation sites (tertiary alicyclic amines) is 1. The molecule has 2 aromatic rings. The van der Waals surface area contributed by atoms with Gasteiger partial charge >= 0.3 is 0 Å². The normalized spacial score (nSPS) is 17.0. The number of benzene rings is 1. The van der Waals surface area contributed by atoms with E-state index in [-0.39, 0.29) is 30.1 Å². The summed E-state index contributed by atoms with van der Waals surface area (Å²) in [5, 5.41) is 9.81. The number of rotatable bonds is 6. The van der Waals surface area contributed by atoms with E-state index in [1.54, 1.807) is 23.1 Å². The molecule has 0 aliphatic carbocycles. The van der Waals surface area contributed by atoms with Gasteiger partial charge in [-0.15, -0.1) is 0 Å². The van der Waals surface area contributed by atoms with Crippen LogP contribution in [0.3, 0.4) is 0 Å². The number of nitrogens with two attached hydrogens (primary N) is 1. The minimum Gasteiger partial charge on any atom is -0.354 e. The zero-order chi connectivity index (χ0) is 19.2. The Hall–Kier alpha value is -2.74. The highest BCUT2D eigenvalue weighted by Crippen LogP contribution is 2.22. The van der Waals surface area contributed by atoms with Crippen LogP contribution in [-0.4, -0.2) is 52.6 Å². The van der Waals surface area contributed by atoms with Crippen LogP contribution in [0.2, 0.25) is 0 Å². The third-order valence-electron chi connectivity index (χ3n) is 4.74. The van der Waals surface area contributed by atoms with Crippen molar-refractivity contribution in [2.75, 3.05) is 19.6 Å². The lowest BCUT2D eigenvalue weighted by molar-refractivity contribution is -0.121. The molecule has 3 rings (SSSR count). The van der Waals surface area contributed by atoms with E-state index in [4.69, 9.17) is 5.73 Å². The fourth-order valence-electron chi connectivity index (χ4n) is 3.29. The van der Waals surface area contributed by atoms with E-state index in [0.717, 1.165) is 24.8 Å². The molecule has 2 amide bonds. The third-order valence-corrected chi connectivity index (χ3v) is 4.74. The number of carbonyl (C=O) groups excluding carboxylic acids is 2. The molecule has 1 atom stereocenters. The lowest BCUT2D eigenvalue weighted by atomic mass is 10.0. The monoisotopic (exact) mass is 373 g/mol. The van der Waals surface area contributed by atoms with Gasteiger partial charge in [-0.05, 0) is 49.6 Å². The minimum absolute atomic E-state index is 0.0504.